The predicted molar refractivity (Wildman–Crippen MR) is 112 cm³/mol. The third-order valence-corrected chi connectivity index (χ3v) is 6.04. The monoisotopic (exact) mass is 417 g/mol. The quantitative estimate of drug-likeness (QED) is 0.685. The average molecular weight is 418 g/mol. The molecular weight excluding hydrogens is 390 g/mol. The summed E-state index contributed by atoms with van der Waals surface area (Å²) in [7, 11) is 0. The van der Waals surface area contributed by atoms with Crippen molar-refractivity contribution in [2.24, 2.45) is 0 Å². The third kappa shape index (κ3) is 4.64. The molecule has 0 radical (unpaired) electrons. The van der Waals surface area contributed by atoms with Gasteiger partial charge in [0.15, 0.2) is 6.61 Å². The Morgan fingerprint density at radius 2 is 1.83 bits per heavy atom. The smallest absolute Gasteiger partial charge is 0.342 e. The summed E-state index contributed by atoms with van der Waals surface area (Å²) in [6.07, 6.45) is 3.09. The average Bonchev–Trinajstić information content (AvgIpc) is 2.95. The molecule has 156 valence electrons. The summed E-state index contributed by atoms with van der Waals surface area (Å²) >= 11 is 6.24. The number of aromatic nitrogens is 2. The fourth-order valence-electron chi connectivity index (χ4n) is 4.12. The van der Waals surface area contributed by atoms with Crippen LogP contribution < -0.4 is 0 Å². The molecule has 29 heavy (non-hydrogen) atoms. The number of rotatable bonds is 5. The lowest BCUT2D eigenvalue weighted by Crippen LogP contribution is -2.49. The molecular formula is C22H28ClN3O3. The lowest BCUT2D eigenvalue weighted by molar-refractivity contribution is -0.140. The Morgan fingerprint density at radius 1 is 1.17 bits per heavy atom. The number of carbonyl (C=O) groups is 2. The van der Waals surface area contributed by atoms with Crippen molar-refractivity contribution in [3.8, 4) is 0 Å². The molecule has 7 heteroatoms. The van der Waals surface area contributed by atoms with Crippen molar-refractivity contribution < 1.29 is 14.3 Å². The Balaban J connectivity index is 1.69. The molecule has 1 aliphatic heterocycles. The van der Waals surface area contributed by atoms with Gasteiger partial charge in [-0.15, -0.1) is 0 Å². The topological polar surface area (TPSA) is 64.4 Å². The number of carbonyl (C=O) groups excluding carboxylic acids is 2. The van der Waals surface area contributed by atoms with Gasteiger partial charge in [-0.3, -0.25) is 9.48 Å². The van der Waals surface area contributed by atoms with Crippen LogP contribution in [0.2, 0.25) is 5.02 Å². The number of benzene rings is 1. The fraction of sp³-hybridized carbons (Fsp3) is 0.500. The Kier molecular flexibility index (Phi) is 6.63. The van der Waals surface area contributed by atoms with E-state index in [-0.39, 0.29) is 24.6 Å². The molecule has 0 unspecified atom stereocenters. The maximum atomic E-state index is 12.7. The van der Waals surface area contributed by atoms with Crippen molar-refractivity contribution in [2.75, 3.05) is 6.61 Å². The van der Waals surface area contributed by atoms with E-state index in [1.807, 2.05) is 49.9 Å². The van der Waals surface area contributed by atoms with Gasteiger partial charge in [-0.05, 0) is 58.6 Å². The highest BCUT2D eigenvalue weighted by Gasteiger charge is 2.30. The van der Waals surface area contributed by atoms with Gasteiger partial charge < -0.3 is 9.64 Å². The van der Waals surface area contributed by atoms with Crippen LogP contribution in [0.1, 0.15) is 60.4 Å². The number of nitrogens with zero attached hydrogens (tertiary/aromatic N) is 3. The zero-order valence-corrected chi connectivity index (χ0v) is 18.2. The van der Waals surface area contributed by atoms with Crippen LogP contribution in [0.4, 0.5) is 0 Å². The second-order valence-electron chi connectivity index (χ2n) is 7.80. The first kappa shape index (κ1) is 21.4. The number of ether oxygens (including phenoxy) is 1. The normalized spacial score (nSPS) is 19.3. The first-order chi connectivity index (χ1) is 13.8. The van der Waals surface area contributed by atoms with Gasteiger partial charge >= 0.3 is 5.97 Å². The van der Waals surface area contributed by atoms with Crippen molar-refractivity contribution in [2.45, 2.75) is 65.6 Å². The molecule has 0 spiro atoms. The number of aryl methyl sites for hydroxylation is 1. The van der Waals surface area contributed by atoms with E-state index >= 15 is 0 Å². The number of likely N-dealkylation sites (tertiary alicyclic amines) is 1. The standard InChI is InChI=1S/C22H28ClN3O3/c1-14-8-7-9-15(2)26(14)20(27)13-29-22(28)21-16(3)24-25(17(21)4)12-18-10-5-6-11-19(18)23/h5-6,10-11,14-15H,7-9,12-13H2,1-4H3/t14-,15+. The highest BCUT2D eigenvalue weighted by Crippen LogP contribution is 2.23. The first-order valence-electron chi connectivity index (χ1n) is 10.0. The van der Waals surface area contributed by atoms with E-state index in [1.54, 1.807) is 11.6 Å². The summed E-state index contributed by atoms with van der Waals surface area (Å²) in [5, 5.41) is 5.12. The second-order valence-corrected chi connectivity index (χ2v) is 8.21. The van der Waals surface area contributed by atoms with Crippen LogP contribution >= 0.6 is 11.6 Å². The predicted octanol–water partition coefficient (Wildman–Crippen LogP) is 4.15. The summed E-state index contributed by atoms with van der Waals surface area (Å²) in [5.41, 5.74) is 2.60. The molecule has 1 fully saturated rings. The van der Waals surface area contributed by atoms with E-state index in [0.29, 0.717) is 28.5 Å². The lowest BCUT2D eigenvalue weighted by Gasteiger charge is -2.38. The Hall–Kier alpha value is -2.34. The Morgan fingerprint density at radius 3 is 2.48 bits per heavy atom. The maximum Gasteiger partial charge on any atom is 0.342 e. The van der Waals surface area contributed by atoms with E-state index in [4.69, 9.17) is 16.3 Å². The third-order valence-electron chi connectivity index (χ3n) is 5.67. The Bertz CT molecular complexity index is 899. The zero-order valence-electron chi connectivity index (χ0n) is 17.4. The number of amides is 1. The van der Waals surface area contributed by atoms with Crippen LogP contribution in [0.25, 0.3) is 0 Å². The van der Waals surface area contributed by atoms with Gasteiger partial charge in [-0.25, -0.2) is 4.79 Å². The van der Waals surface area contributed by atoms with Crippen LogP contribution in [-0.2, 0) is 16.1 Å². The fourth-order valence-corrected chi connectivity index (χ4v) is 4.32. The minimum Gasteiger partial charge on any atom is -0.452 e. The molecule has 6 nitrogen and oxygen atoms in total. The molecule has 1 aromatic heterocycles. The Labute approximate surface area is 176 Å². The van der Waals surface area contributed by atoms with Gasteiger partial charge in [-0.2, -0.15) is 5.10 Å². The zero-order chi connectivity index (χ0) is 21.1. The molecule has 0 saturated carbocycles. The van der Waals surface area contributed by atoms with Gasteiger partial charge in [-0.1, -0.05) is 29.8 Å². The van der Waals surface area contributed by atoms with Crippen LogP contribution in [0.15, 0.2) is 24.3 Å². The molecule has 3 rings (SSSR count). The van der Waals surface area contributed by atoms with Crippen LogP contribution in [0.5, 0.6) is 0 Å². The molecule has 2 aromatic rings. The second kappa shape index (κ2) is 8.99. The van der Waals surface area contributed by atoms with Gasteiger partial charge in [0, 0.05) is 17.1 Å². The van der Waals surface area contributed by atoms with Crippen LogP contribution in [0, 0.1) is 13.8 Å². The minimum absolute atomic E-state index is 0.142. The molecule has 2 atom stereocenters. The summed E-state index contributed by atoms with van der Waals surface area (Å²) < 4.78 is 7.12. The van der Waals surface area contributed by atoms with Crippen molar-refractivity contribution in [1.82, 2.24) is 14.7 Å². The maximum absolute atomic E-state index is 12.7. The van der Waals surface area contributed by atoms with E-state index in [0.717, 1.165) is 24.8 Å². The SMILES string of the molecule is Cc1nn(Cc2ccccc2Cl)c(C)c1C(=O)OCC(=O)N1[C@H](C)CCC[C@@H]1C. The molecule has 1 amide bonds. The largest absolute Gasteiger partial charge is 0.452 e. The van der Waals surface area contributed by atoms with Crippen molar-refractivity contribution in [3.63, 3.8) is 0 Å². The summed E-state index contributed by atoms with van der Waals surface area (Å²) in [6.45, 7) is 7.89. The van der Waals surface area contributed by atoms with E-state index < -0.39 is 5.97 Å². The van der Waals surface area contributed by atoms with Gasteiger partial charge in [0.25, 0.3) is 5.91 Å². The van der Waals surface area contributed by atoms with Gasteiger partial charge in [0.2, 0.25) is 0 Å². The van der Waals surface area contributed by atoms with Crippen molar-refractivity contribution in [1.29, 1.82) is 0 Å². The number of hydrogen-bond donors (Lipinski definition) is 0. The molecule has 1 aliphatic rings. The van der Waals surface area contributed by atoms with E-state index in [2.05, 4.69) is 5.10 Å². The number of halogens is 1. The van der Waals surface area contributed by atoms with Gasteiger partial charge in [0.05, 0.1) is 17.9 Å². The lowest BCUT2D eigenvalue weighted by atomic mass is 9.97. The van der Waals surface area contributed by atoms with Crippen molar-refractivity contribution >= 4 is 23.5 Å². The number of esters is 1. The number of piperidine rings is 1. The highest BCUT2D eigenvalue weighted by molar-refractivity contribution is 6.31. The van der Waals surface area contributed by atoms with Crippen molar-refractivity contribution in [3.05, 3.63) is 51.8 Å². The molecule has 0 N–H and O–H groups in total. The summed E-state index contributed by atoms with van der Waals surface area (Å²) in [6, 6.07) is 7.88. The highest BCUT2D eigenvalue weighted by atomic mass is 35.5. The molecule has 1 aromatic carbocycles. The van der Waals surface area contributed by atoms with E-state index in [1.165, 1.54) is 0 Å². The molecule has 2 heterocycles. The minimum atomic E-state index is -0.518. The molecule has 1 saturated heterocycles. The summed E-state index contributed by atoms with van der Waals surface area (Å²) in [5.74, 6) is -0.659. The van der Waals surface area contributed by atoms with Crippen LogP contribution in [-0.4, -0.2) is 45.2 Å². The molecule has 0 aliphatic carbocycles. The number of hydrogen-bond acceptors (Lipinski definition) is 4. The summed E-state index contributed by atoms with van der Waals surface area (Å²) in [4.78, 5) is 27.2. The van der Waals surface area contributed by atoms with E-state index in [9.17, 15) is 9.59 Å². The van der Waals surface area contributed by atoms with Gasteiger partial charge in [0.1, 0.15) is 5.56 Å². The first-order valence-corrected chi connectivity index (χ1v) is 10.4. The van der Waals surface area contributed by atoms with Crippen LogP contribution in [0.3, 0.4) is 0 Å². The molecule has 0 bridgehead atoms.